The summed E-state index contributed by atoms with van der Waals surface area (Å²) >= 11 is 0. The van der Waals surface area contributed by atoms with E-state index in [0.29, 0.717) is 17.9 Å². The number of hydrogen-bond acceptors (Lipinski definition) is 3. The molecule has 0 aliphatic carbocycles. The van der Waals surface area contributed by atoms with E-state index in [0.717, 1.165) is 6.07 Å². The Balaban J connectivity index is 2.94. The van der Waals surface area contributed by atoms with Crippen molar-refractivity contribution in [2.45, 2.75) is 26.6 Å². The van der Waals surface area contributed by atoms with Crippen molar-refractivity contribution in [1.29, 1.82) is 0 Å². The van der Waals surface area contributed by atoms with Gasteiger partial charge in [0.2, 0.25) is 0 Å². The predicted octanol–water partition coefficient (Wildman–Crippen LogP) is 3.03. The SMILES string of the molecule is CCn1c(C)nc2cc(C(F)(F)F)c(N(C)C)c(N)c21. The van der Waals surface area contributed by atoms with Crippen molar-refractivity contribution in [3.63, 3.8) is 0 Å². The first-order valence-electron chi connectivity index (χ1n) is 6.22. The van der Waals surface area contributed by atoms with E-state index in [-0.39, 0.29) is 16.9 Å². The first-order chi connectivity index (χ1) is 9.18. The van der Waals surface area contributed by atoms with Gasteiger partial charge in [0.15, 0.2) is 0 Å². The van der Waals surface area contributed by atoms with Gasteiger partial charge in [-0.05, 0) is 19.9 Å². The van der Waals surface area contributed by atoms with Crippen molar-refractivity contribution in [1.82, 2.24) is 9.55 Å². The Bertz CT molecular complexity index is 656. The lowest BCUT2D eigenvalue weighted by atomic mass is 10.1. The number of imidazole rings is 1. The van der Waals surface area contributed by atoms with E-state index in [9.17, 15) is 13.2 Å². The number of aryl methyl sites for hydroxylation is 2. The Kier molecular flexibility index (Phi) is 3.31. The van der Waals surface area contributed by atoms with Crippen molar-refractivity contribution in [3.8, 4) is 0 Å². The van der Waals surface area contributed by atoms with Crippen LogP contribution in [-0.2, 0) is 12.7 Å². The second-order valence-corrected chi connectivity index (χ2v) is 4.85. The largest absolute Gasteiger partial charge is 0.418 e. The van der Waals surface area contributed by atoms with Crippen molar-refractivity contribution in [3.05, 3.63) is 17.5 Å². The molecule has 20 heavy (non-hydrogen) atoms. The lowest BCUT2D eigenvalue weighted by Crippen LogP contribution is -2.19. The molecule has 1 heterocycles. The Morgan fingerprint density at radius 1 is 1.35 bits per heavy atom. The van der Waals surface area contributed by atoms with E-state index in [2.05, 4.69) is 4.98 Å². The summed E-state index contributed by atoms with van der Waals surface area (Å²) in [6, 6.07) is 1.07. The van der Waals surface area contributed by atoms with Crippen LogP contribution in [0, 0.1) is 6.92 Å². The second kappa shape index (κ2) is 4.57. The molecule has 0 saturated carbocycles. The molecule has 7 heteroatoms. The summed E-state index contributed by atoms with van der Waals surface area (Å²) in [4.78, 5) is 5.57. The quantitative estimate of drug-likeness (QED) is 0.863. The number of hydrogen-bond donors (Lipinski definition) is 1. The van der Waals surface area contributed by atoms with Crippen LogP contribution in [0.3, 0.4) is 0 Å². The highest BCUT2D eigenvalue weighted by molar-refractivity contribution is 5.97. The minimum atomic E-state index is -4.47. The topological polar surface area (TPSA) is 47.1 Å². The molecule has 0 spiro atoms. The van der Waals surface area contributed by atoms with Gasteiger partial charge in [0.05, 0.1) is 28.0 Å². The number of halogens is 3. The van der Waals surface area contributed by atoms with E-state index < -0.39 is 11.7 Å². The highest BCUT2D eigenvalue weighted by Gasteiger charge is 2.36. The monoisotopic (exact) mass is 286 g/mol. The maximum atomic E-state index is 13.2. The smallest absolute Gasteiger partial charge is 0.395 e. The maximum Gasteiger partial charge on any atom is 0.418 e. The van der Waals surface area contributed by atoms with Crippen LogP contribution in [0.15, 0.2) is 6.07 Å². The number of alkyl halides is 3. The minimum Gasteiger partial charge on any atom is -0.395 e. The molecule has 2 rings (SSSR count). The summed E-state index contributed by atoms with van der Waals surface area (Å²) in [5.41, 5.74) is 6.18. The number of anilines is 2. The Labute approximate surface area is 115 Å². The number of rotatable bonds is 2. The summed E-state index contributed by atoms with van der Waals surface area (Å²) in [5, 5.41) is 0. The van der Waals surface area contributed by atoms with Gasteiger partial charge in [0.25, 0.3) is 0 Å². The molecule has 0 radical (unpaired) electrons. The van der Waals surface area contributed by atoms with Gasteiger partial charge in [-0.2, -0.15) is 13.2 Å². The predicted molar refractivity (Wildman–Crippen MR) is 73.9 cm³/mol. The zero-order chi connectivity index (χ0) is 15.2. The third-order valence-electron chi connectivity index (χ3n) is 3.30. The highest BCUT2D eigenvalue weighted by atomic mass is 19.4. The molecule has 0 saturated heterocycles. The molecule has 0 aliphatic rings. The average Bonchev–Trinajstić information content (AvgIpc) is 2.63. The molecule has 0 atom stereocenters. The molecule has 2 N–H and O–H groups in total. The molecule has 1 aromatic heterocycles. The van der Waals surface area contributed by atoms with Gasteiger partial charge < -0.3 is 15.2 Å². The van der Waals surface area contributed by atoms with E-state index >= 15 is 0 Å². The zero-order valence-electron chi connectivity index (χ0n) is 11.8. The van der Waals surface area contributed by atoms with E-state index in [1.807, 2.05) is 11.5 Å². The molecule has 110 valence electrons. The van der Waals surface area contributed by atoms with E-state index in [4.69, 9.17) is 5.73 Å². The summed E-state index contributed by atoms with van der Waals surface area (Å²) in [6.07, 6.45) is -4.47. The number of nitrogens with zero attached hydrogens (tertiary/aromatic N) is 3. The highest BCUT2D eigenvalue weighted by Crippen LogP contribution is 2.43. The fourth-order valence-corrected chi connectivity index (χ4v) is 2.52. The first kappa shape index (κ1) is 14.5. The van der Waals surface area contributed by atoms with Crippen LogP contribution < -0.4 is 10.6 Å². The van der Waals surface area contributed by atoms with Crippen LogP contribution in [-0.4, -0.2) is 23.6 Å². The third-order valence-corrected chi connectivity index (χ3v) is 3.30. The third kappa shape index (κ3) is 2.07. The molecule has 1 aromatic carbocycles. The van der Waals surface area contributed by atoms with Crippen molar-refractivity contribution in [2.75, 3.05) is 24.7 Å². The second-order valence-electron chi connectivity index (χ2n) is 4.85. The lowest BCUT2D eigenvalue weighted by Gasteiger charge is -2.22. The number of aromatic nitrogens is 2. The number of benzene rings is 1. The van der Waals surface area contributed by atoms with Crippen molar-refractivity contribution in [2.24, 2.45) is 0 Å². The van der Waals surface area contributed by atoms with Crippen LogP contribution in [0.25, 0.3) is 11.0 Å². The molecular weight excluding hydrogens is 269 g/mol. The van der Waals surface area contributed by atoms with Gasteiger partial charge in [-0.3, -0.25) is 0 Å². The Morgan fingerprint density at radius 2 is 1.95 bits per heavy atom. The van der Waals surface area contributed by atoms with Crippen LogP contribution in [0.1, 0.15) is 18.3 Å². The Morgan fingerprint density at radius 3 is 2.40 bits per heavy atom. The standard InChI is InChI=1S/C13H17F3N4/c1-5-20-7(2)18-9-6-8(13(14,15)16)11(19(3)4)10(17)12(9)20/h6H,5,17H2,1-4H3. The maximum absolute atomic E-state index is 13.2. The van der Waals surface area contributed by atoms with E-state index in [1.165, 1.54) is 4.90 Å². The molecule has 0 bridgehead atoms. The fraction of sp³-hybridized carbons (Fsp3) is 0.462. The molecule has 2 aromatic rings. The lowest BCUT2D eigenvalue weighted by molar-refractivity contribution is -0.137. The molecular formula is C13H17F3N4. The minimum absolute atomic E-state index is 0.0143. The van der Waals surface area contributed by atoms with Gasteiger partial charge in [-0.1, -0.05) is 0 Å². The van der Waals surface area contributed by atoms with Crippen molar-refractivity contribution < 1.29 is 13.2 Å². The number of nitrogens with two attached hydrogens (primary N) is 1. The summed E-state index contributed by atoms with van der Waals surface area (Å²) < 4.78 is 41.4. The molecule has 0 fully saturated rings. The first-order valence-corrected chi connectivity index (χ1v) is 6.22. The van der Waals surface area contributed by atoms with Crippen LogP contribution in [0.5, 0.6) is 0 Å². The van der Waals surface area contributed by atoms with Gasteiger partial charge in [-0.15, -0.1) is 0 Å². The number of nitrogen functional groups attached to an aromatic ring is 1. The number of fused-ring (bicyclic) bond motifs is 1. The molecule has 0 unspecified atom stereocenters. The van der Waals surface area contributed by atoms with Gasteiger partial charge in [0.1, 0.15) is 5.82 Å². The fourth-order valence-electron chi connectivity index (χ4n) is 2.52. The Hall–Kier alpha value is -1.92. The normalized spacial score (nSPS) is 12.2. The average molecular weight is 286 g/mol. The van der Waals surface area contributed by atoms with Gasteiger partial charge in [0, 0.05) is 20.6 Å². The molecule has 0 aliphatic heterocycles. The van der Waals surface area contributed by atoms with Crippen LogP contribution >= 0.6 is 0 Å². The van der Waals surface area contributed by atoms with Crippen LogP contribution in [0.2, 0.25) is 0 Å². The molecule has 0 amide bonds. The molecule has 4 nitrogen and oxygen atoms in total. The van der Waals surface area contributed by atoms with Gasteiger partial charge in [-0.25, -0.2) is 4.98 Å². The summed E-state index contributed by atoms with van der Waals surface area (Å²) in [6.45, 7) is 4.26. The van der Waals surface area contributed by atoms with Crippen molar-refractivity contribution >= 4 is 22.4 Å². The van der Waals surface area contributed by atoms with Gasteiger partial charge >= 0.3 is 6.18 Å². The zero-order valence-corrected chi connectivity index (χ0v) is 11.8. The van der Waals surface area contributed by atoms with Crippen LogP contribution in [0.4, 0.5) is 24.5 Å². The van der Waals surface area contributed by atoms with E-state index in [1.54, 1.807) is 21.0 Å². The summed E-state index contributed by atoms with van der Waals surface area (Å²) in [5.74, 6) is 0.651. The summed E-state index contributed by atoms with van der Waals surface area (Å²) in [7, 11) is 3.10.